The van der Waals surface area contributed by atoms with Gasteiger partial charge in [0.1, 0.15) is 11.8 Å². The summed E-state index contributed by atoms with van der Waals surface area (Å²) < 4.78 is 14.2. The summed E-state index contributed by atoms with van der Waals surface area (Å²) in [6, 6.07) is 4.10. The van der Waals surface area contributed by atoms with E-state index in [0.717, 1.165) is 5.56 Å². The van der Waals surface area contributed by atoms with Gasteiger partial charge in [-0.1, -0.05) is 6.07 Å². The van der Waals surface area contributed by atoms with Crippen molar-refractivity contribution in [2.24, 2.45) is 5.73 Å². The largest absolute Gasteiger partial charge is 0.468 e. The molecule has 0 spiro atoms. The van der Waals surface area contributed by atoms with Crippen molar-refractivity contribution in [2.75, 3.05) is 14.2 Å². The van der Waals surface area contributed by atoms with Crippen molar-refractivity contribution in [3.05, 3.63) is 35.4 Å². The smallest absolute Gasteiger partial charge is 0.330 e. The van der Waals surface area contributed by atoms with Gasteiger partial charge in [-0.2, -0.15) is 0 Å². The molecule has 0 radical (unpaired) electrons. The van der Waals surface area contributed by atoms with Crippen LogP contribution in [0.25, 0.3) is 6.08 Å². The molecule has 0 saturated carbocycles. The Labute approximate surface area is 134 Å². The van der Waals surface area contributed by atoms with Crippen LogP contribution in [-0.4, -0.2) is 38.2 Å². The molecule has 23 heavy (non-hydrogen) atoms. The van der Waals surface area contributed by atoms with Gasteiger partial charge in [-0.25, -0.2) is 4.79 Å². The number of carbonyl (C=O) groups excluding carboxylic acids is 3. The minimum atomic E-state index is -0.808. The highest BCUT2D eigenvalue weighted by Gasteiger charge is 2.15. The molecule has 1 rings (SSSR count). The van der Waals surface area contributed by atoms with Crippen LogP contribution >= 0.6 is 0 Å². The summed E-state index contributed by atoms with van der Waals surface area (Å²) in [4.78, 5) is 33.7. The third-order valence-corrected chi connectivity index (χ3v) is 2.89. The Morgan fingerprint density at radius 2 is 1.91 bits per heavy atom. The molecule has 1 unspecified atom stereocenters. The standard InChI is InChI=1S/C16H19NO6/c1-10(18)23-14-6-4-11(9-13(17)16(20)22-3)8-12(14)5-7-15(19)21-2/h4-8,13H,9,17H2,1-3H3/b7-5+. The Hall–Kier alpha value is -2.67. The molecule has 1 aromatic carbocycles. The molecule has 0 heterocycles. The van der Waals surface area contributed by atoms with Crippen molar-refractivity contribution in [3.8, 4) is 5.75 Å². The van der Waals surface area contributed by atoms with Gasteiger partial charge < -0.3 is 19.9 Å². The minimum Gasteiger partial charge on any atom is -0.468 e. The summed E-state index contributed by atoms with van der Waals surface area (Å²) in [6.07, 6.45) is 2.90. The number of benzene rings is 1. The topological polar surface area (TPSA) is 105 Å². The summed E-state index contributed by atoms with van der Waals surface area (Å²) in [7, 11) is 2.52. The van der Waals surface area contributed by atoms with E-state index in [0.29, 0.717) is 5.56 Å². The fourth-order valence-electron chi connectivity index (χ4n) is 1.82. The second kappa shape index (κ2) is 8.70. The van der Waals surface area contributed by atoms with E-state index in [1.807, 2.05) is 0 Å². The van der Waals surface area contributed by atoms with Gasteiger partial charge in [0.2, 0.25) is 0 Å². The molecule has 0 fully saturated rings. The first-order chi connectivity index (χ1) is 10.9. The van der Waals surface area contributed by atoms with Gasteiger partial charge in [-0.05, 0) is 30.2 Å². The summed E-state index contributed by atoms with van der Waals surface area (Å²) in [5.41, 5.74) is 6.93. The van der Waals surface area contributed by atoms with Crippen LogP contribution in [0.3, 0.4) is 0 Å². The molecule has 1 aromatic rings. The molecule has 0 aliphatic carbocycles. The first kappa shape index (κ1) is 18.4. The van der Waals surface area contributed by atoms with E-state index in [4.69, 9.17) is 10.5 Å². The summed E-state index contributed by atoms with van der Waals surface area (Å²) in [5, 5.41) is 0. The van der Waals surface area contributed by atoms with Crippen molar-refractivity contribution in [2.45, 2.75) is 19.4 Å². The Bertz CT molecular complexity index is 623. The van der Waals surface area contributed by atoms with Gasteiger partial charge in [0, 0.05) is 18.6 Å². The van der Waals surface area contributed by atoms with E-state index >= 15 is 0 Å². The molecule has 0 aliphatic rings. The average Bonchev–Trinajstić information content (AvgIpc) is 2.52. The number of hydrogen-bond acceptors (Lipinski definition) is 7. The van der Waals surface area contributed by atoms with Gasteiger partial charge >= 0.3 is 17.9 Å². The van der Waals surface area contributed by atoms with Gasteiger partial charge in [-0.3, -0.25) is 9.59 Å². The molecular weight excluding hydrogens is 302 g/mol. The molecular formula is C16H19NO6. The number of ether oxygens (including phenoxy) is 3. The van der Waals surface area contributed by atoms with Gasteiger partial charge in [0.05, 0.1) is 14.2 Å². The number of nitrogens with two attached hydrogens (primary N) is 1. The van der Waals surface area contributed by atoms with E-state index in [-0.39, 0.29) is 12.2 Å². The van der Waals surface area contributed by atoms with E-state index in [1.54, 1.807) is 18.2 Å². The van der Waals surface area contributed by atoms with Gasteiger partial charge in [-0.15, -0.1) is 0 Å². The maximum absolute atomic E-state index is 11.4. The molecule has 0 bridgehead atoms. The lowest BCUT2D eigenvalue weighted by Gasteiger charge is -2.12. The van der Waals surface area contributed by atoms with E-state index in [1.165, 1.54) is 33.3 Å². The summed E-state index contributed by atoms with van der Waals surface area (Å²) >= 11 is 0. The summed E-state index contributed by atoms with van der Waals surface area (Å²) in [6.45, 7) is 1.27. The van der Waals surface area contributed by atoms with E-state index < -0.39 is 23.9 Å². The van der Waals surface area contributed by atoms with E-state index in [9.17, 15) is 14.4 Å². The lowest BCUT2D eigenvalue weighted by molar-refractivity contribution is -0.142. The van der Waals surface area contributed by atoms with Crippen molar-refractivity contribution < 1.29 is 28.6 Å². The van der Waals surface area contributed by atoms with Crippen LogP contribution in [0, 0.1) is 0 Å². The molecule has 7 nitrogen and oxygen atoms in total. The quantitative estimate of drug-likeness (QED) is 0.470. The van der Waals surface area contributed by atoms with Crippen LogP contribution in [0.2, 0.25) is 0 Å². The van der Waals surface area contributed by atoms with Crippen LogP contribution in [-0.2, 0) is 30.3 Å². The van der Waals surface area contributed by atoms with Crippen LogP contribution < -0.4 is 10.5 Å². The zero-order valence-electron chi connectivity index (χ0n) is 13.2. The minimum absolute atomic E-state index is 0.242. The maximum atomic E-state index is 11.4. The number of rotatable bonds is 6. The third kappa shape index (κ3) is 5.91. The Morgan fingerprint density at radius 3 is 2.48 bits per heavy atom. The normalized spacial score (nSPS) is 11.8. The van der Waals surface area contributed by atoms with E-state index in [2.05, 4.69) is 9.47 Å². The molecule has 124 valence electrons. The fraction of sp³-hybridized carbons (Fsp3) is 0.312. The van der Waals surface area contributed by atoms with Crippen molar-refractivity contribution >= 4 is 24.0 Å². The first-order valence-electron chi connectivity index (χ1n) is 6.78. The van der Waals surface area contributed by atoms with Crippen LogP contribution in [0.5, 0.6) is 5.75 Å². The predicted octanol–water partition coefficient (Wildman–Crippen LogP) is 0.841. The number of carbonyl (C=O) groups is 3. The number of methoxy groups -OCH3 is 2. The molecule has 2 N–H and O–H groups in total. The zero-order valence-corrected chi connectivity index (χ0v) is 13.2. The second-order valence-corrected chi connectivity index (χ2v) is 4.66. The summed E-state index contributed by atoms with van der Waals surface area (Å²) in [5.74, 6) is -1.28. The molecule has 7 heteroatoms. The monoisotopic (exact) mass is 321 g/mol. The van der Waals surface area contributed by atoms with Gasteiger partial charge in [0.25, 0.3) is 0 Å². The molecule has 0 aromatic heterocycles. The van der Waals surface area contributed by atoms with Gasteiger partial charge in [0.15, 0.2) is 0 Å². The van der Waals surface area contributed by atoms with Crippen molar-refractivity contribution in [1.82, 2.24) is 0 Å². The third-order valence-electron chi connectivity index (χ3n) is 2.89. The Morgan fingerprint density at radius 1 is 1.22 bits per heavy atom. The van der Waals surface area contributed by atoms with Crippen LogP contribution in [0.4, 0.5) is 0 Å². The molecule has 1 atom stereocenters. The zero-order chi connectivity index (χ0) is 17.4. The fourth-order valence-corrected chi connectivity index (χ4v) is 1.82. The number of hydrogen-bond donors (Lipinski definition) is 1. The average molecular weight is 321 g/mol. The predicted molar refractivity (Wildman–Crippen MR) is 82.5 cm³/mol. The molecule has 0 aliphatic heterocycles. The SMILES string of the molecule is COC(=O)/C=C/c1cc(CC(N)C(=O)OC)ccc1OC(C)=O. The number of esters is 3. The highest BCUT2D eigenvalue weighted by atomic mass is 16.5. The van der Waals surface area contributed by atoms with Crippen molar-refractivity contribution in [3.63, 3.8) is 0 Å². The highest BCUT2D eigenvalue weighted by Crippen LogP contribution is 2.23. The van der Waals surface area contributed by atoms with Crippen LogP contribution in [0.1, 0.15) is 18.1 Å². The lowest BCUT2D eigenvalue weighted by atomic mass is 10.0. The highest BCUT2D eigenvalue weighted by molar-refractivity contribution is 5.87. The van der Waals surface area contributed by atoms with Crippen molar-refractivity contribution in [1.29, 1.82) is 0 Å². The van der Waals surface area contributed by atoms with Crippen LogP contribution in [0.15, 0.2) is 24.3 Å². The maximum Gasteiger partial charge on any atom is 0.330 e. The lowest BCUT2D eigenvalue weighted by Crippen LogP contribution is -2.33. The first-order valence-corrected chi connectivity index (χ1v) is 6.78. The molecule has 0 saturated heterocycles. The second-order valence-electron chi connectivity index (χ2n) is 4.66. The Kier molecular flexibility index (Phi) is 6.95. The molecule has 0 amide bonds. The Balaban J connectivity index is 3.07.